The first-order valence-corrected chi connectivity index (χ1v) is 11.5. The largest absolute Gasteiger partial charge is 0.269 e. The molecule has 1 aliphatic rings. The van der Waals surface area contributed by atoms with Gasteiger partial charge >= 0.3 is 0 Å². The Morgan fingerprint density at radius 1 is 1.10 bits per heavy atom. The summed E-state index contributed by atoms with van der Waals surface area (Å²) in [6, 6.07) is 8.91. The van der Waals surface area contributed by atoms with Gasteiger partial charge in [-0.1, -0.05) is 18.5 Å². The minimum absolute atomic E-state index is 0.356. The molecule has 2 heterocycles. The molecule has 1 saturated carbocycles. The quantitative estimate of drug-likeness (QED) is 0.466. The molecule has 0 radical (unpaired) electrons. The van der Waals surface area contributed by atoms with Crippen LogP contribution in [0.1, 0.15) is 48.2 Å². The number of hydrogen-bond donors (Lipinski definition) is 0. The maximum Gasteiger partial charge on any atom is 0.154 e. The molecule has 154 valence electrons. The first-order valence-electron chi connectivity index (χ1n) is 10.2. The fourth-order valence-corrected chi connectivity index (χ4v) is 5.94. The van der Waals surface area contributed by atoms with Crippen molar-refractivity contribution in [3.8, 4) is 17.2 Å². The molecule has 0 N–H and O–H groups in total. The number of benzene rings is 1. The molecular weight excluding hydrogens is 412 g/mol. The molecule has 3 aromatic rings. The van der Waals surface area contributed by atoms with Crippen molar-refractivity contribution in [1.82, 2.24) is 14.8 Å². The van der Waals surface area contributed by atoms with Gasteiger partial charge < -0.3 is 0 Å². The molecular formula is C24H25ClN4S. The summed E-state index contributed by atoms with van der Waals surface area (Å²) >= 11 is 8.12. The maximum absolute atomic E-state index is 9.38. The van der Waals surface area contributed by atoms with E-state index in [2.05, 4.69) is 47.1 Å². The van der Waals surface area contributed by atoms with Crippen molar-refractivity contribution >= 4 is 23.4 Å². The number of rotatable bonds is 4. The molecule has 4 rings (SSSR count). The number of nitrogens with zero attached hydrogens (tertiary/aromatic N) is 4. The van der Waals surface area contributed by atoms with E-state index in [1.165, 1.54) is 0 Å². The average molecular weight is 437 g/mol. The van der Waals surface area contributed by atoms with Crippen LogP contribution in [-0.4, -0.2) is 20.0 Å². The van der Waals surface area contributed by atoms with Crippen LogP contribution in [0, 0.1) is 38.0 Å². The zero-order valence-electron chi connectivity index (χ0n) is 17.7. The summed E-state index contributed by atoms with van der Waals surface area (Å²) in [5, 5.41) is 15.4. The van der Waals surface area contributed by atoms with Crippen LogP contribution in [0.2, 0.25) is 5.02 Å². The summed E-state index contributed by atoms with van der Waals surface area (Å²) in [6.45, 7) is 8.39. The summed E-state index contributed by atoms with van der Waals surface area (Å²) in [7, 11) is 0. The minimum Gasteiger partial charge on any atom is -0.269 e. The topological polar surface area (TPSA) is 54.5 Å². The van der Waals surface area contributed by atoms with Gasteiger partial charge in [0.05, 0.1) is 12.2 Å². The van der Waals surface area contributed by atoms with Crippen LogP contribution < -0.4 is 0 Å². The van der Waals surface area contributed by atoms with Crippen molar-refractivity contribution < 1.29 is 0 Å². The predicted octanol–water partition coefficient (Wildman–Crippen LogP) is 6.53. The molecule has 30 heavy (non-hydrogen) atoms. The smallest absolute Gasteiger partial charge is 0.154 e. The van der Waals surface area contributed by atoms with E-state index in [4.69, 9.17) is 16.7 Å². The van der Waals surface area contributed by atoms with E-state index in [1.807, 2.05) is 27.0 Å². The van der Waals surface area contributed by atoms with E-state index in [9.17, 15) is 5.26 Å². The zero-order chi connectivity index (χ0) is 21.4. The van der Waals surface area contributed by atoms with Crippen LogP contribution >= 0.6 is 23.4 Å². The van der Waals surface area contributed by atoms with Crippen LogP contribution in [0.15, 0.2) is 41.7 Å². The van der Waals surface area contributed by atoms with E-state index in [0.717, 1.165) is 50.6 Å². The van der Waals surface area contributed by atoms with Gasteiger partial charge in [-0.25, -0.2) is 4.98 Å². The lowest BCUT2D eigenvalue weighted by Crippen LogP contribution is -2.12. The molecule has 3 atom stereocenters. The number of aryl methyl sites for hydroxylation is 3. The molecule has 0 bridgehead atoms. The Hall–Kier alpha value is -2.29. The lowest BCUT2D eigenvalue weighted by Gasteiger charge is -2.15. The van der Waals surface area contributed by atoms with Crippen molar-refractivity contribution in [2.45, 2.75) is 56.7 Å². The molecule has 6 heteroatoms. The van der Waals surface area contributed by atoms with Gasteiger partial charge in [0, 0.05) is 33.1 Å². The van der Waals surface area contributed by atoms with Crippen LogP contribution in [0.3, 0.4) is 0 Å². The standard InChI is InChI=1S/C24H25ClN4S/c1-14-5-23(21(10-26)27-11-14)30-20-8-15(2)22(9-20)29-13-19(12-28-29)18-6-16(3)24(25)17(4)7-18/h5-7,11-13,15,20,22H,8-9H2,1-4H3. The van der Waals surface area contributed by atoms with Crippen LogP contribution in [0.25, 0.3) is 11.1 Å². The van der Waals surface area contributed by atoms with Crippen molar-refractivity contribution in [2.75, 3.05) is 0 Å². The third kappa shape index (κ3) is 4.12. The predicted molar refractivity (Wildman–Crippen MR) is 123 cm³/mol. The monoisotopic (exact) mass is 436 g/mol. The fraction of sp³-hybridized carbons (Fsp3) is 0.375. The van der Waals surface area contributed by atoms with E-state index >= 15 is 0 Å². The lowest BCUT2D eigenvalue weighted by atomic mass is 10.0. The molecule has 0 amide bonds. The number of aromatic nitrogens is 3. The molecule has 1 aromatic carbocycles. The summed E-state index contributed by atoms with van der Waals surface area (Å²) in [5.74, 6) is 0.521. The molecule has 1 aliphatic carbocycles. The van der Waals surface area contributed by atoms with E-state index in [1.54, 1.807) is 18.0 Å². The summed E-state index contributed by atoms with van der Waals surface area (Å²) in [4.78, 5) is 5.27. The summed E-state index contributed by atoms with van der Waals surface area (Å²) in [5.41, 5.74) is 6.06. The lowest BCUT2D eigenvalue weighted by molar-refractivity contribution is 0.375. The summed E-state index contributed by atoms with van der Waals surface area (Å²) in [6.07, 6.45) is 8.00. The highest BCUT2D eigenvalue weighted by atomic mass is 35.5. The Morgan fingerprint density at radius 2 is 1.83 bits per heavy atom. The molecule has 4 nitrogen and oxygen atoms in total. The maximum atomic E-state index is 9.38. The van der Waals surface area contributed by atoms with Crippen molar-refractivity contribution in [3.63, 3.8) is 0 Å². The van der Waals surface area contributed by atoms with Crippen LogP contribution in [-0.2, 0) is 0 Å². The van der Waals surface area contributed by atoms with Gasteiger partial charge in [0.15, 0.2) is 5.69 Å². The van der Waals surface area contributed by atoms with Gasteiger partial charge in [-0.2, -0.15) is 10.4 Å². The Balaban J connectivity index is 1.53. The first kappa shape index (κ1) is 21.0. The van der Waals surface area contributed by atoms with Crippen molar-refractivity contribution in [1.29, 1.82) is 5.26 Å². The van der Waals surface area contributed by atoms with Gasteiger partial charge in [0.1, 0.15) is 6.07 Å². The third-order valence-corrected chi connectivity index (χ3v) is 7.78. The minimum atomic E-state index is 0.356. The number of nitriles is 1. The Kier molecular flexibility index (Phi) is 5.90. The molecule has 2 aromatic heterocycles. The number of pyridine rings is 1. The van der Waals surface area contributed by atoms with Gasteiger partial charge in [0.2, 0.25) is 0 Å². The first-order chi connectivity index (χ1) is 14.4. The molecule has 0 aliphatic heterocycles. The Labute approximate surface area is 187 Å². The summed E-state index contributed by atoms with van der Waals surface area (Å²) < 4.78 is 2.12. The second-order valence-electron chi connectivity index (χ2n) is 8.36. The van der Waals surface area contributed by atoms with Crippen LogP contribution in [0.5, 0.6) is 0 Å². The molecule has 0 saturated heterocycles. The van der Waals surface area contributed by atoms with Gasteiger partial charge in [-0.3, -0.25) is 4.68 Å². The second kappa shape index (κ2) is 8.45. The fourth-order valence-electron chi connectivity index (χ4n) is 4.31. The SMILES string of the molecule is Cc1cnc(C#N)c(SC2CC(C)C(n3cc(-c4cc(C)c(Cl)c(C)c4)cn3)C2)c1. The number of hydrogen-bond acceptors (Lipinski definition) is 4. The zero-order valence-corrected chi connectivity index (χ0v) is 19.3. The molecule has 1 fully saturated rings. The average Bonchev–Trinajstić information content (AvgIpc) is 3.32. The third-order valence-electron chi connectivity index (χ3n) is 5.90. The van der Waals surface area contributed by atoms with Crippen LogP contribution in [0.4, 0.5) is 0 Å². The van der Waals surface area contributed by atoms with Crippen molar-refractivity contribution in [2.24, 2.45) is 5.92 Å². The number of thioether (sulfide) groups is 1. The molecule has 3 unspecified atom stereocenters. The van der Waals surface area contributed by atoms with Gasteiger partial charge in [-0.05, 0) is 80.0 Å². The Morgan fingerprint density at radius 3 is 2.53 bits per heavy atom. The van der Waals surface area contributed by atoms with E-state index < -0.39 is 0 Å². The number of halogens is 1. The highest BCUT2D eigenvalue weighted by Gasteiger charge is 2.34. The highest BCUT2D eigenvalue weighted by molar-refractivity contribution is 8.00. The highest BCUT2D eigenvalue weighted by Crippen LogP contribution is 2.44. The second-order valence-corrected chi connectivity index (χ2v) is 10.1. The van der Waals surface area contributed by atoms with E-state index in [-0.39, 0.29) is 0 Å². The molecule has 0 spiro atoms. The van der Waals surface area contributed by atoms with Crippen molar-refractivity contribution in [3.05, 3.63) is 64.2 Å². The van der Waals surface area contributed by atoms with E-state index in [0.29, 0.717) is 22.9 Å². The van der Waals surface area contributed by atoms with Gasteiger partial charge in [0.25, 0.3) is 0 Å². The Bertz CT molecular complexity index is 1110. The normalized spacial score (nSPS) is 21.0. The van der Waals surface area contributed by atoms with Gasteiger partial charge in [-0.15, -0.1) is 11.8 Å².